The lowest BCUT2D eigenvalue weighted by Crippen LogP contribution is -2.19. The summed E-state index contributed by atoms with van der Waals surface area (Å²) in [6, 6.07) is 2.05. The van der Waals surface area contributed by atoms with Gasteiger partial charge in [-0.2, -0.15) is 4.98 Å². The van der Waals surface area contributed by atoms with Crippen molar-refractivity contribution in [2.75, 3.05) is 11.1 Å². The molecule has 0 amide bonds. The van der Waals surface area contributed by atoms with Crippen molar-refractivity contribution in [3.8, 4) is 0 Å². The van der Waals surface area contributed by atoms with Crippen molar-refractivity contribution < 1.29 is 0 Å². The van der Waals surface area contributed by atoms with Gasteiger partial charge in [0.25, 0.3) is 0 Å². The highest BCUT2D eigenvalue weighted by Gasteiger charge is 2.06. The van der Waals surface area contributed by atoms with E-state index >= 15 is 0 Å². The Morgan fingerprint density at radius 2 is 2.14 bits per heavy atom. The van der Waals surface area contributed by atoms with E-state index < -0.39 is 0 Å². The fourth-order valence-electron chi connectivity index (χ4n) is 1.43. The van der Waals surface area contributed by atoms with Gasteiger partial charge in [0.15, 0.2) is 0 Å². The molecule has 0 spiro atoms. The van der Waals surface area contributed by atoms with Crippen LogP contribution in [0, 0.1) is 5.92 Å². The Morgan fingerprint density at radius 3 is 2.71 bits per heavy atom. The molecular weight excluding hydrogens is 176 g/mol. The van der Waals surface area contributed by atoms with Crippen molar-refractivity contribution in [2.45, 2.75) is 33.2 Å². The van der Waals surface area contributed by atoms with E-state index in [0.29, 0.717) is 23.7 Å². The molecule has 1 heterocycles. The summed E-state index contributed by atoms with van der Waals surface area (Å²) in [7, 11) is 0. The van der Waals surface area contributed by atoms with E-state index in [9.17, 15) is 0 Å². The molecule has 3 N–H and O–H groups in total. The highest BCUT2D eigenvalue weighted by atomic mass is 15.1. The molecule has 0 saturated carbocycles. The standard InChI is InChI=1S/C10H18N4/c1-7(2)6-8(3)13-10-12-5-4-9(11)14-10/h4-5,7-8H,6H2,1-3H3,(H3,11,12,13,14). The maximum atomic E-state index is 5.54. The van der Waals surface area contributed by atoms with Gasteiger partial charge >= 0.3 is 0 Å². The topological polar surface area (TPSA) is 63.8 Å². The van der Waals surface area contributed by atoms with Gasteiger partial charge in [-0.05, 0) is 25.3 Å². The predicted molar refractivity (Wildman–Crippen MR) is 59.0 cm³/mol. The highest BCUT2D eigenvalue weighted by molar-refractivity contribution is 5.35. The van der Waals surface area contributed by atoms with Gasteiger partial charge in [-0.15, -0.1) is 0 Å². The Kier molecular flexibility index (Phi) is 3.68. The molecule has 1 aromatic rings. The molecule has 4 heteroatoms. The van der Waals surface area contributed by atoms with Gasteiger partial charge in [0.1, 0.15) is 5.82 Å². The minimum Gasteiger partial charge on any atom is -0.384 e. The van der Waals surface area contributed by atoms with Crippen LogP contribution in [0.2, 0.25) is 0 Å². The lowest BCUT2D eigenvalue weighted by molar-refractivity contribution is 0.538. The molecule has 0 aliphatic carbocycles. The fraction of sp³-hybridized carbons (Fsp3) is 0.600. The third-order valence-corrected chi connectivity index (χ3v) is 1.88. The molecule has 1 atom stereocenters. The van der Waals surface area contributed by atoms with Crippen molar-refractivity contribution in [2.24, 2.45) is 5.92 Å². The van der Waals surface area contributed by atoms with Crippen LogP contribution in [0.5, 0.6) is 0 Å². The van der Waals surface area contributed by atoms with Crippen LogP contribution >= 0.6 is 0 Å². The summed E-state index contributed by atoms with van der Waals surface area (Å²) < 4.78 is 0. The van der Waals surface area contributed by atoms with Gasteiger partial charge in [0.2, 0.25) is 5.95 Å². The van der Waals surface area contributed by atoms with E-state index in [-0.39, 0.29) is 0 Å². The lowest BCUT2D eigenvalue weighted by Gasteiger charge is -2.15. The van der Waals surface area contributed by atoms with Gasteiger partial charge in [-0.1, -0.05) is 13.8 Å². The second kappa shape index (κ2) is 4.79. The van der Waals surface area contributed by atoms with Gasteiger partial charge in [-0.25, -0.2) is 4.98 Å². The normalized spacial score (nSPS) is 12.9. The number of anilines is 2. The molecule has 0 saturated heterocycles. The monoisotopic (exact) mass is 194 g/mol. The van der Waals surface area contributed by atoms with Gasteiger partial charge in [0.05, 0.1) is 0 Å². The first kappa shape index (κ1) is 10.8. The van der Waals surface area contributed by atoms with E-state index in [2.05, 4.69) is 36.1 Å². The van der Waals surface area contributed by atoms with Crippen molar-refractivity contribution >= 4 is 11.8 Å². The molecule has 0 aromatic carbocycles. The first-order valence-corrected chi connectivity index (χ1v) is 4.93. The zero-order chi connectivity index (χ0) is 10.6. The van der Waals surface area contributed by atoms with Crippen LogP contribution in [0.3, 0.4) is 0 Å². The predicted octanol–water partition coefficient (Wildman–Crippen LogP) is 1.91. The summed E-state index contributed by atoms with van der Waals surface area (Å²) in [5, 5.41) is 3.21. The SMILES string of the molecule is CC(C)CC(C)Nc1nccc(N)n1. The van der Waals surface area contributed by atoms with E-state index in [1.807, 2.05) is 0 Å². The second-order valence-corrected chi connectivity index (χ2v) is 3.98. The third kappa shape index (κ3) is 3.60. The molecule has 1 unspecified atom stereocenters. The Balaban J connectivity index is 2.51. The molecule has 1 aromatic heterocycles. The number of aromatic nitrogens is 2. The number of nitrogens with one attached hydrogen (secondary N) is 1. The number of nitrogens with zero attached hydrogens (tertiary/aromatic N) is 2. The van der Waals surface area contributed by atoms with Gasteiger partial charge in [-0.3, -0.25) is 0 Å². The molecule has 0 bridgehead atoms. The smallest absolute Gasteiger partial charge is 0.224 e. The Morgan fingerprint density at radius 1 is 1.43 bits per heavy atom. The average Bonchev–Trinajstić information content (AvgIpc) is 2.01. The van der Waals surface area contributed by atoms with Crippen LogP contribution in [-0.2, 0) is 0 Å². The molecule has 4 nitrogen and oxygen atoms in total. The van der Waals surface area contributed by atoms with Crippen molar-refractivity contribution in [1.29, 1.82) is 0 Å². The number of rotatable bonds is 4. The number of nitrogen functional groups attached to an aromatic ring is 1. The summed E-state index contributed by atoms with van der Waals surface area (Å²) in [6.07, 6.45) is 2.75. The Hall–Kier alpha value is -1.32. The van der Waals surface area contributed by atoms with E-state index in [1.165, 1.54) is 0 Å². The van der Waals surface area contributed by atoms with E-state index in [1.54, 1.807) is 12.3 Å². The van der Waals surface area contributed by atoms with E-state index in [4.69, 9.17) is 5.73 Å². The molecular formula is C10H18N4. The molecule has 78 valence electrons. The largest absolute Gasteiger partial charge is 0.384 e. The molecule has 1 rings (SSSR count). The zero-order valence-electron chi connectivity index (χ0n) is 8.99. The molecule has 0 fully saturated rings. The highest BCUT2D eigenvalue weighted by Crippen LogP contribution is 2.09. The van der Waals surface area contributed by atoms with Gasteiger partial charge in [0, 0.05) is 12.2 Å². The van der Waals surface area contributed by atoms with Crippen LogP contribution in [0.4, 0.5) is 11.8 Å². The van der Waals surface area contributed by atoms with Crippen LogP contribution in [0.15, 0.2) is 12.3 Å². The Bertz CT molecular complexity index is 285. The van der Waals surface area contributed by atoms with Crippen LogP contribution < -0.4 is 11.1 Å². The van der Waals surface area contributed by atoms with Gasteiger partial charge < -0.3 is 11.1 Å². The first-order chi connectivity index (χ1) is 6.58. The van der Waals surface area contributed by atoms with Crippen molar-refractivity contribution in [1.82, 2.24) is 9.97 Å². The Labute approximate surface area is 85.0 Å². The van der Waals surface area contributed by atoms with Crippen molar-refractivity contribution in [3.63, 3.8) is 0 Å². The minimum absolute atomic E-state index is 0.372. The summed E-state index contributed by atoms with van der Waals surface area (Å²) in [4.78, 5) is 8.16. The summed E-state index contributed by atoms with van der Waals surface area (Å²) in [6.45, 7) is 6.50. The summed E-state index contributed by atoms with van der Waals surface area (Å²) in [5.74, 6) is 1.77. The van der Waals surface area contributed by atoms with Crippen LogP contribution in [-0.4, -0.2) is 16.0 Å². The number of hydrogen-bond acceptors (Lipinski definition) is 4. The molecule has 0 aliphatic heterocycles. The minimum atomic E-state index is 0.372. The first-order valence-electron chi connectivity index (χ1n) is 4.93. The van der Waals surface area contributed by atoms with E-state index in [0.717, 1.165) is 6.42 Å². The number of hydrogen-bond donors (Lipinski definition) is 2. The molecule has 0 aliphatic rings. The van der Waals surface area contributed by atoms with Crippen LogP contribution in [0.1, 0.15) is 27.2 Å². The average molecular weight is 194 g/mol. The molecule has 0 radical (unpaired) electrons. The maximum Gasteiger partial charge on any atom is 0.224 e. The zero-order valence-corrected chi connectivity index (χ0v) is 8.99. The molecule has 14 heavy (non-hydrogen) atoms. The second-order valence-electron chi connectivity index (χ2n) is 3.98. The lowest BCUT2D eigenvalue weighted by atomic mass is 10.1. The van der Waals surface area contributed by atoms with Crippen LogP contribution in [0.25, 0.3) is 0 Å². The van der Waals surface area contributed by atoms with Crippen molar-refractivity contribution in [3.05, 3.63) is 12.3 Å². The third-order valence-electron chi connectivity index (χ3n) is 1.88. The fourth-order valence-corrected chi connectivity index (χ4v) is 1.43. The number of nitrogens with two attached hydrogens (primary N) is 1. The maximum absolute atomic E-state index is 5.54. The summed E-state index contributed by atoms with van der Waals surface area (Å²) in [5.41, 5.74) is 5.54. The quantitative estimate of drug-likeness (QED) is 0.768. The summed E-state index contributed by atoms with van der Waals surface area (Å²) >= 11 is 0.